The predicted molar refractivity (Wildman–Crippen MR) is 184 cm³/mol. The standard InChI is InChI=1S/C36H30N4O6S2/c1-22-4-3-5-27(16-22)36-39-32-15-10-26(20-34(32)40(36)21-25-8-13-31(14-9-25)48(44,45)46)28-18-29(35-33(19-28)37-23(2)38-35)17-24-6-11-30(12-7-24)47(41,42)43/h3-16,18-20H,17,21H2,1-2H3,(H,37,38)(H,41,42,43)(H,44,45,46). The summed E-state index contributed by atoms with van der Waals surface area (Å²) in [5, 5.41) is 0. The van der Waals surface area contributed by atoms with Crippen LogP contribution in [0.4, 0.5) is 0 Å². The highest BCUT2D eigenvalue weighted by atomic mass is 32.2. The molecule has 0 saturated heterocycles. The number of aromatic amines is 1. The van der Waals surface area contributed by atoms with Crippen LogP contribution >= 0.6 is 0 Å². The van der Waals surface area contributed by atoms with Gasteiger partial charge < -0.3 is 9.55 Å². The molecule has 10 nitrogen and oxygen atoms in total. The summed E-state index contributed by atoms with van der Waals surface area (Å²) in [5.41, 5.74) is 9.91. The van der Waals surface area contributed by atoms with Gasteiger partial charge in [0.25, 0.3) is 20.2 Å². The lowest BCUT2D eigenvalue weighted by Gasteiger charge is -2.12. The maximum atomic E-state index is 11.6. The number of fused-ring (bicyclic) bond motifs is 2. The van der Waals surface area contributed by atoms with E-state index in [0.29, 0.717) is 13.0 Å². The van der Waals surface area contributed by atoms with E-state index in [9.17, 15) is 25.9 Å². The third-order valence-electron chi connectivity index (χ3n) is 8.32. The van der Waals surface area contributed by atoms with Gasteiger partial charge in [-0.3, -0.25) is 9.11 Å². The molecular weight excluding hydrogens is 649 g/mol. The molecule has 0 spiro atoms. The molecule has 0 saturated carbocycles. The minimum absolute atomic E-state index is 0.162. The first-order valence-corrected chi connectivity index (χ1v) is 17.9. The number of benzene rings is 5. The lowest BCUT2D eigenvalue weighted by atomic mass is 9.97. The highest BCUT2D eigenvalue weighted by Gasteiger charge is 2.17. The SMILES string of the molecule is Cc1cccc(-c2nc3ccc(-c4cc(Cc5ccc(S(=O)(=O)O)cc5)c5nc(C)[nH]c5c4)cc3n2Cc2ccc(S(=O)(=O)O)cc2)c1. The molecule has 0 aliphatic heterocycles. The van der Waals surface area contributed by atoms with Crippen molar-refractivity contribution in [1.29, 1.82) is 0 Å². The van der Waals surface area contributed by atoms with Crippen molar-refractivity contribution in [3.8, 4) is 22.5 Å². The summed E-state index contributed by atoms with van der Waals surface area (Å²) in [6.07, 6.45) is 0.484. The number of H-pyrrole nitrogens is 1. The smallest absolute Gasteiger partial charge is 0.294 e. The van der Waals surface area contributed by atoms with Crippen LogP contribution in [0.25, 0.3) is 44.6 Å². The Bertz CT molecular complexity index is 2570. The van der Waals surface area contributed by atoms with Crippen LogP contribution < -0.4 is 0 Å². The van der Waals surface area contributed by atoms with Crippen molar-refractivity contribution in [3.05, 3.63) is 131 Å². The number of rotatable bonds is 8. The molecular formula is C36H30N4O6S2. The fourth-order valence-corrected chi connectivity index (χ4v) is 6.99. The second kappa shape index (κ2) is 11.8. The molecule has 7 rings (SSSR count). The van der Waals surface area contributed by atoms with Crippen LogP contribution in [0.5, 0.6) is 0 Å². The van der Waals surface area contributed by atoms with Gasteiger partial charge in [-0.1, -0.05) is 54.1 Å². The number of nitrogens with one attached hydrogen (secondary N) is 1. The molecule has 0 fully saturated rings. The molecule has 0 aliphatic rings. The van der Waals surface area contributed by atoms with E-state index in [2.05, 4.69) is 33.8 Å². The highest BCUT2D eigenvalue weighted by Crippen LogP contribution is 2.33. The molecule has 0 amide bonds. The minimum atomic E-state index is -4.31. The van der Waals surface area contributed by atoms with Gasteiger partial charge in [0, 0.05) is 12.1 Å². The van der Waals surface area contributed by atoms with Gasteiger partial charge in [-0.15, -0.1) is 0 Å². The molecule has 48 heavy (non-hydrogen) atoms. The van der Waals surface area contributed by atoms with E-state index in [4.69, 9.17) is 9.97 Å². The van der Waals surface area contributed by atoms with Crippen molar-refractivity contribution in [2.45, 2.75) is 36.6 Å². The molecule has 0 aliphatic carbocycles. The Morgan fingerprint density at radius 1 is 0.688 bits per heavy atom. The average Bonchev–Trinajstić information content (AvgIpc) is 3.60. The van der Waals surface area contributed by atoms with E-state index in [1.165, 1.54) is 24.3 Å². The lowest BCUT2D eigenvalue weighted by molar-refractivity contribution is 0.481. The van der Waals surface area contributed by atoms with E-state index >= 15 is 0 Å². The number of nitrogens with zero attached hydrogens (tertiary/aromatic N) is 3. The molecule has 5 aromatic carbocycles. The molecule has 0 bridgehead atoms. The van der Waals surface area contributed by atoms with Gasteiger partial charge in [0.15, 0.2) is 0 Å². The van der Waals surface area contributed by atoms with Crippen LogP contribution in [-0.2, 0) is 33.2 Å². The summed E-state index contributed by atoms with van der Waals surface area (Å²) in [5.74, 6) is 1.53. The Morgan fingerprint density at radius 3 is 2.00 bits per heavy atom. The normalized spacial score (nSPS) is 12.2. The number of hydrogen-bond acceptors (Lipinski definition) is 6. The van der Waals surface area contributed by atoms with E-state index < -0.39 is 20.2 Å². The molecule has 3 N–H and O–H groups in total. The van der Waals surface area contributed by atoms with Crippen molar-refractivity contribution in [2.24, 2.45) is 0 Å². The summed E-state index contributed by atoms with van der Waals surface area (Å²) in [6, 6.07) is 30.6. The second-order valence-electron chi connectivity index (χ2n) is 11.9. The predicted octanol–water partition coefficient (Wildman–Crippen LogP) is 7.00. The fraction of sp³-hybridized carbons (Fsp3) is 0.111. The Balaban J connectivity index is 1.34. The second-order valence-corrected chi connectivity index (χ2v) is 14.7. The maximum absolute atomic E-state index is 11.6. The molecule has 12 heteroatoms. The van der Waals surface area contributed by atoms with Crippen LogP contribution in [0.1, 0.15) is 28.1 Å². The monoisotopic (exact) mass is 678 g/mol. The number of aryl methyl sites for hydroxylation is 2. The Morgan fingerprint density at radius 2 is 1.35 bits per heavy atom. The molecule has 2 aromatic heterocycles. The summed E-state index contributed by atoms with van der Waals surface area (Å²) >= 11 is 0. The Kier molecular flexibility index (Phi) is 7.75. The molecule has 242 valence electrons. The van der Waals surface area contributed by atoms with Crippen LogP contribution in [0.15, 0.2) is 113 Å². The van der Waals surface area contributed by atoms with Crippen molar-refractivity contribution in [2.75, 3.05) is 0 Å². The zero-order chi connectivity index (χ0) is 33.8. The largest absolute Gasteiger partial charge is 0.342 e. The Labute approximate surface area is 277 Å². The van der Waals surface area contributed by atoms with E-state index in [1.807, 2.05) is 44.2 Å². The molecule has 2 heterocycles. The van der Waals surface area contributed by atoms with Gasteiger partial charge >= 0.3 is 0 Å². The van der Waals surface area contributed by atoms with Gasteiger partial charge in [-0.2, -0.15) is 16.8 Å². The van der Waals surface area contributed by atoms with E-state index in [-0.39, 0.29) is 9.79 Å². The molecule has 0 radical (unpaired) electrons. The summed E-state index contributed by atoms with van der Waals surface area (Å²) < 4.78 is 67.3. The zero-order valence-corrected chi connectivity index (χ0v) is 27.5. The average molecular weight is 679 g/mol. The maximum Gasteiger partial charge on any atom is 0.294 e. The minimum Gasteiger partial charge on any atom is -0.342 e. The molecule has 0 unspecified atom stereocenters. The third-order valence-corrected chi connectivity index (χ3v) is 10.1. The summed E-state index contributed by atoms with van der Waals surface area (Å²) in [6.45, 7) is 4.32. The quantitative estimate of drug-likeness (QED) is 0.145. The summed E-state index contributed by atoms with van der Waals surface area (Å²) in [7, 11) is -8.61. The Hall–Kier alpha value is -5.14. The molecule has 0 atom stereocenters. The van der Waals surface area contributed by atoms with Crippen LogP contribution in [0, 0.1) is 13.8 Å². The fourth-order valence-electron chi connectivity index (χ4n) is 6.03. The first-order chi connectivity index (χ1) is 22.8. The van der Waals surface area contributed by atoms with Crippen LogP contribution in [0.3, 0.4) is 0 Å². The van der Waals surface area contributed by atoms with E-state index in [0.717, 1.165) is 72.7 Å². The van der Waals surface area contributed by atoms with Gasteiger partial charge in [-0.05, 0) is 103 Å². The van der Waals surface area contributed by atoms with Crippen LogP contribution in [-0.4, -0.2) is 45.5 Å². The van der Waals surface area contributed by atoms with Gasteiger partial charge in [0.2, 0.25) is 0 Å². The highest BCUT2D eigenvalue weighted by molar-refractivity contribution is 7.86. The number of hydrogen-bond donors (Lipinski definition) is 3. The number of aromatic nitrogens is 4. The molecule has 7 aromatic rings. The third kappa shape index (κ3) is 6.26. The van der Waals surface area contributed by atoms with Crippen molar-refractivity contribution in [3.63, 3.8) is 0 Å². The van der Waals surface area contributed by atoms with Gasteiger partial charge in [0.1, 0.15) is 11.6 Å². The first kappa shape index (κ1) is 31.5. The van der Waals surface area contributed by atoms with Crippen LogP contribution in [0.2, 0.25) is 0 Å². The number of imidazole rings is 2. The van der Waals surface area contributed by atoms with Crippen molar-refractivity contribution >= 4 is 42.3 Å². The lowest BCUT2D eigenvalue weighted by Crippen LogP contribution is -2.04. The van der Waals surface area contributed by atoms with E-state index in [1.54, 1.807) is 24.3 Å². The van der Waals surface area contributed by atoms with Gasteiger partial charge in [-0.25, -0.2) is 9.97 Å². The van der Waals surface area contributed by atoms with Crippen molar-refractivity contribution < 1.29 is 25.9 Å². The van der Waals surface area contributed by atoms with Gasteiger partial charge in [0.05, 0.1) is 31.9 Å². The topological polar surface area (TPSA) is 155 Å². The summed E-state index contributed by atoms with van der Waals surface area (Å²) in [4.78, 5) is 12.7. The van der Waals surface area contributed by atoms with Crippen molar-refractivity contribution in [1.82, 2.24) is 19.5 Å². The zero-order valence-electron chi connectivity index (χ0n) is 25.9. The first-order valence-electron chi connectivity index (χ1n) is 15.0.